The topological polar surface area (TPSA) is 77.3 Å². The fraction of sp³-hybridized carbons (Fsp3) is 0.143. The SMILES string of the molecule is Cc1c([N+](=O)[O-])ccc(I)c1S(=O)(=O)Cl. The number of nitro benzene ring substituents is 1. The number of halogens is 2. The number of benzene rings is 1. The van der Waals surface area contributed by atoms with E-state index in [1.807, 2.05) is 0 Å². The lowest BCUT2D eigenvalue weighted by Crippen LogP contribution is -2.02. The second-order valence-electron chi connectivity index (χ2n) is 2.72. The van der Waals surface area contributed by atoms with E-state index < -0.39 is 14.0 Å². The van der Waals surface area contributed by atoms with Gasteiger partial charge in [0, 0.05) is 25.9 Å². The van der Waals surface area contributed by atoms with Crippen molar-refractivity contribution < 1.29 is 13.3 Å². The first kappa shape index (κ1) is 12.7. The van der Waals surface area contributed by atoms with Crippen molar-refractivity contribution in [2.24, 2.45) is 0 Å². The first-order valence-corrected chi connectivity index (χ1v) is 7.02. The summed E-state index contributed by atoms with van der Waals surface area (Å²) in [5.41, 5.74) is -0.198. The molecule has 0 aromatic heterocycles. The van der Waals surface area contributed by atoms with Gasteiger partial charge in [0.05, 0.1) is 4.92 Å². The maximum atomic E-state index is 11.2. The van der Waals surface area contributed by atoms with Gasteiger partial charge in [-0.1, -0.05) is 0 Å². The fourth-order valence-electron chi connectivity index (χ4n) is 1.15. The Morgan fingerprint density at radius 3 is 2.40 bits per heavy atom. The van der Waals surface area contributed by atoms with Crippen LogP contribution < -0.4 is 0 Å². The van der Waals surface area contributed by atoms with Crippen LogP contribution in [0.2, 0.25) is 0 Å². The van der Waals surface area contributed by atoms with Crippen LogP contribution in [0.3, 0.4) is 0 Å². The van der Waals surface area contributed by atoms with Crippen molar-refractivity contribution >= 4 is 48.0 Å². The Labute approximate surface area is 104 Å². The molecule has 0 amide bonds. The van der Waals surface area contributed by atoms with Gasteiger partial charge in [-0.2, -0.15) is 0 Å². The van der Waals surface area contributed by atoms with Crippen LogP contribution in [0.5, 0.6) is 0 Å². The van der Waals surface area contributed by atoms with Crippen molar-refractivity contribution in [1.29, 1.82) is 0 Å². The maximum absolute atomic E-state index is 11.2. The van der Waals surface area contributed by atoms with Gasteiger partial charge in [-0.15, -0.1) is 0 Å². The molecule has 0 saturated heterocycles. The Morgan fingerprint density at radius 2 is 2.00 bits per heavy atom. The van der Waals surface area contributed by atoms with E-state index in [-0.39, 0.29) is 16.1 Å². The van der Waals surface area contributed by atoms with Crippen LogP contribution in [0.15, 0.2) is 17.0 Å². The lowest BCUT2D eigenvalue weighted by Gasteiger charge is -2.04. The average molecular weight is 362 g/mol. The second-order valence-corrected chi connectivity index (χ2v) is 6.38. The molecule has 0 N–H and O–H groups in total. The summed E-state index contributed by atoms with van der Waals surface area (Å²) in [7, 11) is 1.23. The van der Waals surface area contributed by atoms with E-state index in [4.69, 9.17) is 10.7 Å². The molecule has 0 heterocycles. The second kappa shape index (κ2) is 4.22. The highest BCUT2D eigenvalue weighted by Gasteiger charge is 2.24. The first-order chi connectivity index (χ1) is 6.75. The minimum Gasteiger partial charge on any atom is -0.258 e. The third kappa shape index (κ3) is 2.58. The summed E-state index contributed by atoms with van der Waals surface area (Å²) in [5, 5.41) is 10.6. The van der Waals surface area contributed by atoms with Crippen molar-refractivity contribution in [2.75, 3.05) is 0 Å². The van der Waals surface area contributed by atoms with Crippen molar-refractivity contribution in [2.45, 2.75) is 11.8 Å². The summed E-state index contributed by atoms with van der Waals surface area (Å²) in [6.45, 7) is 1.36. The molecule has 0 radical (unpaired) electrons. The van der Waals surface area contributed by atoms with Gasteiger partial charge in [-0.05, 0) is 35.6 Å². The number of hydrogen-bond donors (Lipinski definition) is 0. The summed E-state index contributed by atoms with van der Waals surface area (Å²) < 4.78 is 22.7. The van der Waals surface area contributed by atoms with Gasteiger partial charge in [-0.25, -0.2) is 8.42 Å². The Bertz CT molecular complexity index is 528. The lowest BCUT2D eigenvalue weighted by atomic mass is 10.2. The summed E-state index contributed by atoms with van der Waals surface area (Å²) in [6.07, 6.45) is 0. The zero-order chi connectivity index (χ0) is 11.8. The van der Waals surface area contributed by atoms with E-state index in [0.717, 1.165) is 0 Å². The molecule has 0 fully saturated rings. The van der Waals surface area contributed by atoms with Crippen molar-refractivity contribution in [1.82, 2.24) is 0 Å². The van der Waals surface area contributed by atoms with Crippen molar-refractivity contribution in [3.63, 3.8) is 0 Å². The maximum Gasteiger partial charge on any atom is 0.273 e. The molecule has 0 unspecified atom stereocenters. The lowest BCUT2D eigenvalue weighted by molar-refractivity contribution is -0.385. The van der Waals surface area contributed by atoms with Crippen LogP contribution in [0.1, 0.15) is 5.56 Å². The quantitative estimate of drug-likeness (QED) is 0.351. The number of hydrogen-bond acceptors (Lipinski definition) is 4. The molecule has 0 aliphatic rings. The largest absolute Gasteiger partial charge is 0.273 e. The minimum atomic E-state index is -3.96. The molecule has 0 bridgehead atoms. The zero-order valence-electron chi connectivity index (χ0n) is 7.40. The molecular formula is C7H5ClINO4S. The van der Waals surface area contributed by atoms with Gasteiger partial charge in [0.25, 0.3) is 14.7 Å². The molecular weight excluding hydrogens is 357 g/mol. The van der Waals surface area contributed by atoms with E-state index >= 15 is 0 Å². The normalized spacial score (nSPS) is 11.4. The molecule has 1 aromatic rings. The van der Waals surface area contributed by atoms with E-state index in [1.54, 1.807) is 22.6 Å². The van der Waals surface area contributed by atoms with Crippen LogP contribution in [-0.4, -0.2) is 13.3 Å². The molecule has 0 aliphatic heterocycles. The zero-order valence-corrected chi connectivity index (χ0v) is 11.1. The van der Waals surface area contributed by atoms with Crippen LogP contribution in [0.25, 0.3) is 0 Å². The van der Waals surface area contributed by atoms with Crippen molar-refractivity contribution in [3.05, 3.63) is 31.4 Å². The predicted octanol–water partition coefficient (Wildman–Crippen LogP) is 2.44. The van der Waals surface area contributed by atoms with Crippen LogP contribution in [-0.2, 0) is 9.05 Å². The van der Waals surface area contributed by atoms with Gasteiger partial charge in [-0.3, -0.25) is 10.1 Å². The molecule has 5 nitrogen and oxygen atoms in total. The Kier molecular flexibility index (Phi) is 3.56. The van der Waals surface area contributed by atoms with Gasteiger partial charge >= 0.3 is 0 Å². The van der Waals surface area contributed by atoms with Gasteiger partial charge < -0.3 is 0 Å². The molecule has 0 spiro atoms. The molecule has 1 rings (SSSR count). The van der Waals surface area contributed by atoms with E-state index in [1.165, 1.54) is 19.1 Å². The molecule has 82 valence electrons. The highest BCUT2D eigenvalue weighted by Crippen LogP contribution is 2.31. The van der Waals surface area contributed by atoms with Gasteiger partial charge in [0.2, 0.25) is 0 Å². The molecule has 0 aliphatic carbocycles. The van der Waals surface area contributed by atoms with Gasteiger partial charge in [0.15, 0.2) is 0 Å². The monoisotopic (exact) mass is 361 g/mol. The smallest absolute Gasteiger partial charge is 0.258 e. The van der Waals surface area contributed by atoms with E-state index in [2.05, 4.69) is 0 Å². The summed E-state index contributed by atoms with van der Waals surface area (Å²) in [6, 6.07) is 2.60. The molecule has 0 saturated carbocycles. The number of rotatable bonds is 2. The summed E-state index contributed by atoms with van der Waals surface area (Å²) in [5.74, 6) is 0. The molecule has 15 heavy (non-hydrogen) atoms. The molecule has 1 aromatic carbocycles. The summed E-state index contributed by atoms with van der Waals surface area (Å²) >= 11 is 1.77. The van der Waals surface area contributed by atoms with Crippen LogP contribution >= 0.6 is 33.3 Å². The molecule has 8 heteroatoms. The Hall–Kier alpha value is -0.410. The summed E-state index contributed by atoms with van der Waals surface area (Å²) in [4.78, 5) is 9.74. The highest BCUT2D eigenvalue weighted by atomic mass is 127. The minimum absolute atomic E-state index is 0.0573. The van der Waals surface area contributed by atoms with Crippen molar-refractivity contribution in [3.8, 4) is 0 Å². The van der Waals surface area contributed by atoms with E-state index in [0.29, 0.717) is 3.57 Å². The first-order valence-electron chi connectivity index (χ1n) is 3.63. The third-order valence-electron chi connectivity index (χ3n) is 1.77. The number of nitrogens with zero attached hydrogens (tertiary/aromatic N) is 1. The Morgan fingerprint density at radius 1 is 1.47 bits per heavy atom. The van der Waals surface area contributed by atoms with Crippen LogP contribution in [0.4, 0.5) is 5.69 Å². The predicted molar refractivity (Wildman–Crippen MR) is 63.6 cm³/mol. The molecule has 0 atom stereocenters. The standard InChI is InChI=1S/C7H5ClINO4S/c1-4-6(10(11)12)3-2-5(9)7(4)15(8,13)14/h2-3H,1H3. The number of nitro groups is 1. The average Bonchev–Trinajstić information content (AvgIpc) is 2.00. The van der Waals surface area contributed by atoms with Gasteiger partial charge in [0.1, 0.15) is 4.90 Å². The Balaban J connectivity index is 3.66. The fourth-order valence-corrected chi connectivity index (χ4v) is 4.36. The highest BCUT2D eigenvalue weighted by molar-refractivity contribution is 14.1. The third-order valence-corrected chi connectivity index (χ3v) is 4.51. The van der Waals surface area contributed by atoms with Crippen LogP contribution in [0, 0.1) is 20.6 Å². The van der Waals surface area contributed by atoms with E-state index in [9.17, 15) is 18.5 Å².